The maximum Gasteiger partial charge on any atom is 0.230 e. The summed E-state index contributed by atoms with van der Waals surface area (Å²) in [5, 5.41) is 13.7. The third-order valence-electron chi connectivity index (χ3n) is 3.49. The number of aliphatic hydroxyl groups is 1. The zero-order chi connectivity index (χ0) is 11.3. The van der Waals surface area contributed by atoms with Gasteiger partial charge >= 0.3 is 0 Å². The van der Waals surface area contributed by atoms with Gasteiger partial charge in [-0.25, -0.2) is 5.01 Å². The number of rotatable bonds is 1. The molecule has 3 atom stereocenters. The summed E-state index contributed by atoms with van der Waals surface area (Å²) < 4.78 is -1.64. The van der Waals surface area contributed by atoms with Crippen molar-refractivity contribution in [3.05, 3.63) is 0 Å². The Morgan fingerprint density at radius 3 is 2.20 bits per heavy atom. The summed E-state index contributed by atoms with van der Waals surface area (Å²) in [5.74, 6) is 0. The van der Waals surface area contributed by atoms with Crippen molar-refractivity contribution < 1.29 is 5.11 Å². The van der Waals surface area contributed by atoms with Crippen molar-refractivity contribution in [1.82, 2.24) is 10.0 Å². The van der Waals surface area contributed by atoms with Crippen LogP contribution in [0, 0.1) is 0 Å². The zero-order valence-corrected chi connectivity index (χ0v) is 10.9. The SMILES string of the molecule is CN1N(C(O)C(Cl)(Cl)Cl)C12CCCCC2. The van der Waals surface area contributed by atoms with E-state index >= 15 is 0 Å². The summed E-state index contributed by atoms with van der Waals surface area (Å²) in [4.78, 5) is 0. The molecule has 2 aliphatic rings. The third-order valence-corrected chi connectivity index (χ3v) is 4.08. The highest BCUT2D eigenvalue weighted by atomic mass is 35.6. The number of nitrogens with zero attached hydrogens (tertiary/aromatic N) is 2. The first-order valence-electron chi connectivity index (χ1n) is 5.17. The quantitative estimate of drug-likeness (QED) is 0.587. The monoisotopic (exact) mass is 272 g/mol. The van der Waals surface area contributed by atoms with Gasteiger partial charge < -0.3 is 5.11 Å². The Morgan fingerprint density at radius 1 is 1.20 bits per heavy atom. The first-order chi connectivity index (χ1) is 6.89. The fourth-order valence-electron chi connectivity index (χ4n) is 2.62. The Labute approximate surface area is 105 Å². The molecule has 3 nitrogen and oxygen atoms in total. The summed E-state index contributed by atoms with van der Waals surface area (Å²) >= 11 is 17.1. The van der Waals surface area contributed by atoms with E-state index in [1.165, 1.54) is 19.3 Å². The molecule has 0 bridgehead atoms. The maximum absolute atomic E-state index is 9.90. The van der Waals surface area contributed by atoms with Gasteiger partial charge in [0.1, 0.15) is 5.66 Å². The van der Waals surface area contributed by atoms with E-state index in [0.29, 0.717) is 0 Å². The van der Waals surface area contributed by atoms with Crippen molar-refractivity contribution in [2.24, 2.45) is 0 Å². The van der Waals surface area contributed by atoms with Crippen LogP contribution in [0.2, 0.25) is 0 Å². The van der Waals surface area contributed by atoms with E-state index in [-0.39, 0.29) is 5.66 Å². The minimum Gasteiger partial charge on any atom is -0.373 e. The molecule has 0 aromatic rings. The largest absolute Gasteiger partial charge is 0.373 e. The highest BCUT2D eigenvalue weighted by Crippen LogP contribution is 2.52. The van der Waals surface area contributed by atoms with Crippen LogP contribution in [0.3, 0.4) is 0 Å². The first-order valence-corrected chi connectivity index (χ1v) is 6.31. The van der Waals surface area contributed by atoms with Gasteiger partial charge in [0.05, 0.1) is 0 Å². The van der Waals surface area contributed by atoms with E-state index in [2.05, 4.69) is 0 Å². The molecule has 2 rings (SSSR count). The molecular formula is C9H15Cl3N2O. The van der Waals surface area contributed by atoms with E-state index in [4.69, 9.17) is 34.8 Å². The molecule has 0 amide bonds. The van der Waals surface area contributed by atoms with Gasteiger partial charge in [-0.3, -0.25) is 0 Å². The molecule has 1 saturated heterocycles. The lowest BCUT2D eigenvalue weighted by Crippen LogP contribution is -2.38. The summed E-state index contributed by atoms with van der Waals surface area (Å²) in [5.41, 5.74) is -0.0540. The van der Waals surface area contributed by atoms with E-state index in [1.807, 2.05) is 12.1 Å². The van der Waals surface area contributed by atoms with Crippen molar-refractivity contribution in [3.63, 3.8) is 0 Å². The first kappa shape index (κ1) is 12.2. The highest BCUT2D eigenvalue weighted by Gasteiger charge is 2.64. The van der Waals surface area contributed by atoms with Crippen LogP contribution >= 0.6 is 34.8 Å². The Morgan fingerprint density at radius 2 is 1.73 bits per heavy atom. The van der Waals surface area contributed by atoms with Crippen LogP contribution in [-0.2, 0) is 0 Å². The second-order valence-corrected chi connectivity index (χ2v) is 6.70. The van der Waals surface area contributed by atoms with Crippen LogP contribution in [0.25, 0.3) is 0 Å². The molecule has 1 heterocycles. The van der Waals surface area contributed by atoms with Crippen LogP contribution in [0.5, 0.6) is 0 Å². The molecule has 1 spiro atoms. The smallest absolute Gasteiger partial charge is 0.230 e. The summed E-state index contributed by atoms with van der Waals surface area (Å²) in [7, 11) is 1.94. The summed E-state index contributed by atoms with van der Waals surface area (Å²) in [6, 6.07) is 0. The molecule has 1 saturated carbocycles. The number of hydrazine groups is 1. The molecule has 0 aromatic carbocycles. The molecular weight excluding hydrogens is 258 g/mol. The number of aliphatic hydroxyl groups excluding tert-OH is 1. The van der Waals surface area contributed by atoms with Gasteiger partial charge in [0.25, 0.3) is 0 Å². The lowest BCUT2D eigenvalue weighted by molar-refractivity contribution is 0.0308. The van der Waals surface area contributed by atoms with E-state index in [0.717, 1.165) is 12.8 Å². The van der Waals surface area contributed by atoms with Gasteiger partial charge in [0.15, 0.2) is 6.23 Å². The highest BCUT2D eigenvalue weighted by molar-refractivity contribution is 6.68. The topological polar surface area (TPSA) is 26.2 Å². The molecule has 0 radical (unpaired) electrons. The average Bonchev–Trinajstić information content (AvgIpc) is 2.69. The lowest BCUT2D eigenvalue weighted by Gasteiger charge is -2.25. The second-order valence-electron chi connectivity index (χ2n) is 4.33. The fourth-order valence-corrected chi connectivity index (χ4v) is 2.90. The number of alkyl halides is 3. The molecule has 1 aliphatic carbocycles. The van der Waals surface area contributed by atoms with Gasteiger partial charge in [-0.15, -0.1) is 0 Å². The lowest BCUT2D eigenvalue weighted by atomic mass is 9.92. The van der Waals surface area contributed by atoms with Gasteiger partial charge in [-0.2, -0.15) is 5.01 Å². The predicted molar refractivity (Wildman–Crippen MR) is 61.7 cm³/mol. The van der Waals surface area contributed by atoms with Gasteiger partial charge in [0.2, 0.25) is 3.79 Å². The van der Waals surface area contributed by atoms with Gasteiger partial charge in [0, 0.05) is 7.05 Å². The average molecular weight is 274 g/mol. The zero-order valence-electron chi connectivity index (χ0n) is 8.59. The molecule has 15 heavy (non-hydrogen) atoms. The van der Waals surface area contributed by atoms with Gasteiger partial charge in [-0.05, 0) is 12.8 Å². The van der Waals surface area contributed by atoms with E-state index in [1.54, 1.807) is 5.01 Å². The number of halogens is 3. The van der Waals surface area contributed by atoms with Crippen LogP contribution < -0.4 is 0 Å². The number of hydrogen-bond donors (Lipinski definition) is 1. The predicted octanol–water partition coefficient (Wildman–Crippen LogP) is 2.50. The van der Waals surface area contributed by atoms with Crippen molar-refractivity contribution in [3.8, 4) is 0 Å². The van der Waals surface area contributed by atoms with Gasteiger partial charge in [-0.1, -0.05) is 54.1 Å². The van der Waals surface area contributed by atoms with Crippen LogP contribution in [0.1, 0.15) is 32.1 Å². The van der Waals surface area contributed by atoms with Crippen molar-refractivity contribution in [2.75, 3.05) is 7.05 Å². The standard InChI is InChI=1S/C9H15Cl3N2O/c1-13-8(5-3-2-4-6-8)14(13)7(15)9(10,11)12/h7,15H,2-6H2,1H3. The van der Waals surface area contributed by atoms with Crippen molar-refractivity contribution in [1.29, 1.82) is 0 Å². The normalized spacial score (nSPS) is 36.6. The fraction of sp³-hybridized carbons (Fsp3) is 1.00. The van der Waals surface area contributed by atoms with E-state index < -0.39 is 10.0 Å². The van der Waals surface area contributed by atoms with E-state index in [9.17, 15) is 5.11 Å². The second kappa shape index (κ2) is 3.90. The molecule has 6 heteroatoms. The molecule has 88 valence electrons. The molecule has 0 aromatic heterocycles. The Balaban J connectivity index is 2.07. The maximum atomic E-state index is 9.90. The minimum absolute atomic E-state index is 0.0540. The Hall–Kier alpha value is 0.750. The minimum atomic E-state index is -1.64. The summed E-state index contributed by atoms with van der Waals surface area (Å²) in [6.07, 6.45) is 4.64. The third kappa shape index (κ3) is 1.99. The molecule has 1 aliphatic heterocycles. The molecule has 3 unspecified atom stereocenters. The van der Waals surface area contributed by atoms with Crippen LogP contribution in [0.4, 0.5) is 0 Å². The molecule has 1 N–H and O–H groups in total. The molecule has 2 fully saturated rings. The Bertz CT molecular complexity index is 250. The number of hydrogen-bond acceptors (Lipinski definition) is 3. The summed E-state index contributed by atoms with van der Waals surface area (Å²) in [6.45, 7) is 0. The van der Waals surface area contributed by atoms with Crippen LogP contribution in [-0.4, -0.2) is 37.9 Å². The van der Waals surface area contributed by atoms with Crippen molar-refractivity contribution >= 4 is 34.8 Å². The van der Waals surface area contributed by atoms with Crippen molar-refractivity contribution in [2.45, 2.75) is 47.8 Å². The Kier molecular flexibility index (Phi) is 3.17. The van der Waals surface area contributed by atoms with Crippen LogP contribution in [0.15, 0.2) is 0 Å².